The zero-order valence-electron chi connectivity index (χ0n) is 18.9. The number of hydrogen-bond donors (Lipinski definition) is 0. The normalized spacial score (nSPS) is 11.3. The molecule has 0 spiro atoms. The molecule has 0 fully saturated rings. The second kappa shape index (κ2) is 9.21. The Morgan fingerprint density at radius 3 is 1.81 bits per heavy atom. The van der Waals surface area contributed by atoms with E-state index in [1.54, 1.807) is 24.5 Å². The van der Waals surface area contributed by atoms with Crippen LogP contribution in [0.4, 0.5) is 22.6 Å². The van der Waals surface area contributed by atoms with Crippen molar-refractivity contribution in [2.45, 2.75) is 13.8 Å². The van der Waals surface area contributed by atoms with E-state index in [0.29, 0.717) is 43.9 Å². The summed E-state index contributed by atoms with van der Waals surface area (Å²) in [4.78, 5) is 28.3. The van der Waals surface area contributed by atoms with Gasteiger partial charge in [-0.1, -0.05) is 23.2 Å². The number of hydrogen-bond acceptors (Lipinski definition) is 10. The van der Waals surface area contributed by atoms with Gasteiger partial charge in [0.1, 0.15) is 21.3 Å². The van der Waals surface area contributed by atoms with E-state index in [1.165, 1.54) is 22.7 Å². The molecule has 0 aliphatic carbocycles. The molecule has 36 heavy (non-hydrogen) atoms. The summed E-state index contributed by atoms with van der Waals surface area (Å²) in [7, 11) is 0. The molecule has 0 atom stereocenters. The van der Waals surface area contributed by atoms with Crippen molar-refractivity contribution in [3.8, 4) is 0 Å². The highest BCUT2D eigenvalue weighted by atomic mass is 35.5. The van der Waals surface area contributed by atoms with Gasteiger partial charge >= 0.3 is 0 Å². The molecule has 0 aliphatic heterocycles. The second-order valence-electron chi connectivity index (χ2n) is 7.80. The number of halogens is 2. The number of nitrogens with zero attached hydrogens (tertiary/aromatic N) is 8. The third kappa shape index (κ3) is 4.11. The number of hydrazine groups is 1. The minimum absolute atomic E-state index is 0.361. The Hall–Kier alpha value is -3.44. The number of anilines is 4. The first-order valence-corrected chi connectivity index (χ1v) is 13.3. The molecular weight excluding hydrogens is 535 g/mol. The Kier molecular flexibility index (Phi) is 5.88. The average molecular weight is 551 g/mol. The molecule has 6 aromatic rings. The highest BCUT2D eigenvalue weighted by Crippen LogP contribution is 2.41. The molecule has 0 N–H and O–H groups in total. The number of rotatable bonds is 5. The number of thiazole rings is 2. The summed E-state index contributed by atoms with van der Waals surface area (Å²) >= 11 is 15.7. The fraction of sp³-hybridized carbons (Fsp3) is 0.0833. The van der Waals surface area contributed by atoms with E-state index >= 15 is 0 Å². The number of aryl methyl sites for hydroxylation is 2. The largest absolute Gasteiger partial charge is 0.235 e. The van der Waals surface area contributed by atoms with E-state index in [1.807, 2.05) is 58.9 Å². The fourth-order valence-corrected chi connectivity index (χ4v) is 5.46. The van der Waals surface area contributed by atoms with Crippen LogP contribution in [-0.4, -0.2) is 29.9 Å². The molecule has 0 saturated heterocycles. The Bertz CT molecular complexity index is 1610. The van der Waals surface area contributed by atoms with Gasteiger partial charge in [0.25, 0.3) is 0 Å². The summed E-state index contributed by atoms with van der Waals surface area (Å²) in [6, 6.07) is 11.1. The fourth-order valence-electron chi connectivity index (χ4n) is 3.79. The quantitative estimate of drug-likeness (QED) is 0.163. The molecule has 178 valence electrons. The molecule has 0 radical (unpaired) electrons. The Morgan fingerprint density at radius 1 is 0.667 bits per heavy atom. The van der Waals surface area contributed by atoms with Crippen LogP contribution in [0.5, 0.6) is 0 Å². The van der Waals surface area contributed by atoms with E-state index < -0.39 is 0 Å². The average Bonchev–Trinajstić information content (AvgIpc) is 3.50. The SMILES string of the molecule is Cc1csc(N(c2nccc3ccc(Cl)nc23)N(c2csc(C)n2)c2nccc3ccc(Cl)nc23)n1. The van der Waals surface area contributed by atoms with Gasteiger partial charge in [0, 0.05) is 33.9 Å². The van der Waals surface area contributed by atoms with Crippen molar-refractivity contribution in [1.29, 1.82) is 0 Å². The predicted molar refractivity (Wildman–Crippen MR) is 147 cm³/mol. The Labute approximate surface area is 223 Å². The van der Waals surface area contributed by atoms with Gasteiger partial charge in [-0.3, -0.25) is 0 Å². The van der Waals surface area contributed by atoms with Crippen molar-refractivity contribution < 1.29 is 0 Å². The number of aromatic nitrogens is 6. The summed E-state index contributed by atoms with van der Waals surface area (Å²) in [6.45, 7) is 3.89. The molecule has 0 bridgehead atoms. The van der Waals surface area contributed by atoms with Gasteiger partial charge in [-0.15, -0.1) is 22.7 Å². The third-order valence-corrected chi connectivity index (χ3v) is 7.44. The van der Waals surface area contributed by atoms with Crippen molar-refractivity contribution in [3.63, 3.8) is 0 Å². The molecule has 0 amide bonds. The van der Waals surface area contributed by atoms with Crippen LogP contribution >= 0.6 is 45.9 Å². The molecule has 8 nitrogen and oxygen atoms in total. The van der Waals surface area contributed by atoms with E-state index in [4.69, 9.17) is 43.1 Å². The van der Waals surface area contributed by atoms with Crippen molar-refractivity contribution in [2.24, 2.45) is 0 Å². The van der Waals surface area contributed by atoms with Gasteiger partial charge < -0.3 is 0 Å². The number of pyridine rings is 4. The molecule has 12 heteroatoms. The van der Waals surface area contributed by atoms with Crippen molar-refractivity contribution in [3.05, 3.63) is 80.6 Å². The molecular formula is C24H16Cl2N8S2. The highest BCUT2D eigenvalue weighted by Gasteiger charge is 2.31. The summed E-state index contributed by atoms with van der Waals surface area (Å²) in [5.41, 5.74) is 2.09. The Morgan fingerprint density at radius 2 is 1.28 bits per heavy atom. The van der Waals surface area contributed by atoms with Crippen LogP contribution < -0.4 is 10.0 Å². The highest BCUT2D eigenvalue weighted by molar-refractivity contribution is 7.13. The Balaban J connectivity index is 1.70. The topological polar surface area (TPSA) is 83.8 Å². The van der Waals surface area contributed by atoms with Gasteiger partial charge in [-0.25, -0.2) is 34.9 Å². The van der Waals surface area contributed by atoms with Gasteiger partial charge in [0.2, 0.25) is 5.13 Å². The van der Waals surface area contributed by atoms with Crippen LogP contribution in [0.2, 0.25) is 10.3 Å². The molecule has 6 rings (SSSR count). The predicted octanol–water partition coefficient (Wildman–Crippen LogP) is 7.30. The maximum Gasteiger partial charge on any atom is 0.211 e. The molecule has 0 aromatic carbocycles. The van der Waals surface area contributed by atoms with E-state index in [-0.39, 0.29) is 0 Å². The summed E-state index contributed by atoms with van der Waals surface area (Å²) in [5, 5.41) is 11.7. The lowest BCUT2D eigenvalue weighted by atomic mass is 10.2. The van der Waals surface area contributed by atoms with Crippen LogP contribution in [0.3, 0.4) is 0 Å². The smallest absolute Gasteiger partial charge is 0.211 e. The zero-order valence-corrected chi connectivity index (χ0v) is 22.1. The third-order valence-electron chi connectivity index (χ3n) is 5.32. The van der Waals surface area contributed by atoms with E-state index in [9.17, 15) is 0 Å². The molecule has 0 saturated carbocycles. The van der Waals surface area contributed by atoms with Crippen LogP contribution in [0, 0.1) is 13.8 Å². The second-order valence-corrected chi connectivity index (χ2v) is 10.5. The van der Waals surface area contributed by atoms with E-state index in [0.717, 1.165) is 21.5 Å². The molecule has 6 heterocycles. The maximum atomic E-state index is 6.33. The van der Waals surface area contributed by atoms with Gasteiger partial charge in [-0.2, -0.15) is 5.01 Å². The first kappa shape index (κ1) is 23.0. The van der Waals surface area contributed by atoms with Gasteiger partial charge in [0.15, 0.2) is 17.5 Å². The van der Waals surface area contributed by atoms with E-state index in [2.05, 4.69) is 9.97 Å². The lowest BCUT2D eigenvalue weighted by Gasteiger charge is -2.33. The standard InChI is InChI=1S/C24H16Cl2N8S2/c1-13-11-36-24(29-13)34(23-21-16(8-10-28-23)4-6-18(26)32-21)33(19-12-35-14(2)30-19)22-20-15(7-9-27-22)3-5-17(25)31-20/h3-12H,1-2H3. The monoisotopic (exact) mass is 550 g/mol. The summed E-state index contributed by atoms with van der Waals surface area (Å²) in [6.07, 6.45) is 3.47. The lowest BCUT2D eigenvalue weighted by Crippen LogP contribution is -2.37. The maximum absolute atomic E-state index is 6.33. The van der Waals surface area contributed by atoms with Crippen LogP contribution in [0.1, 0.15) is 10.7 Å². The zero-order chi connectivity index (χ0) is 24.8. The van der Waals surface area contributed by atoms with Crippen LogP contribution in [0.25, 0.3) is 21.8 Å². The minimum Gasteiger partial charge on any atom is -0.235 e. The first-order chi connectivity index (χ1) is 17.5. The lowest BCUT2D eigenvalue weighted by molar-refractivity contribution is 0.916. The number of fused-ring (bicyclic) bond motifs is 2. The van der Waals surface area contributed by atoms with Crippen molar-refractivity contribution >= 4 is 90.3 Å². The van der Waals surface area contributed by atoms with Crippen molar-refractivity contribution in [1.82, 2.24) is 29.9 Å². The van der Waals surface area contributed by atoms with Crippen LogP contribution in [0.15, 0.2) is 59.6 Å². The van der Waals surface area contributed by atoms with Crippen LogP contribution in [-0.2, 0) is 0 Å². The minimum atomic E-state index is 0.361. The summed E-state index contributed by atoms with van der Waals surface area (Å²) in [5.74, 6) is 1.68. The van der Waals surface area contributed by atoms with Gasteiger partial charge in [0.05, 0.1) is 10.7 Å². The molecule has 6 aromatic heterocycles. The summed E-state index contributed by atoms with van der Waals surface area (Å²) < 4.78 is 0. The first-order valence-electron chi connectivity index (χ1n) is 10.7. The molecule has 0 aliphatic rings. The molecule has 0 unspecified atom stereocenters. The van der Waals surface area contributed by atoms with Gasteiger partial charge in [-0.05, 0) is 50.2 Å². The van der Waals surface area contributed by atoms with Crippen molar-refractivity contribution in [2.75, 3.05) is 10.0 Å².